The van der Waals surface area contributed by atoms with Gasteiger partial charge in [0.2, 0.25) is 0 Å². The highest BCUT2D eigenvalue weighted by Gasteiger charge is 2.00. The van der Waals surface area contributed by atoms with Crippen LogP contribution in [0.3, 0.4) is 0 Å². The van der Waals surface area contributed by atoms with Crippen molar-refractivity contribution in [3.8, 4) is 0 Å². The van der Waals surface area contributed by atoms with Crippen LogP contribution in [-0.2, 0) is 6.54 Å². The molecule has 18 heavy (non-hydrogen) atoms. The quantitative estimate of drug-likeness (QED) is 0.720. The van der Waals surface area contributed by atoms with Crippen molar-refractivity contribution in [2.45, 2.75) is 6.54 Å². The van der Waals surface area contributed by atoms with Gasteiger partial charge >= 0.3 is 0 Å². The second kappa shape index (κ2) is 4.82. The molecule has 0 fully saturated rings. The number of aromatic nitrogens is 2. The first kappa shape index (κ1) is 11.3. The summed E-state index contributed by atoms with van der Waals surface area (Å²) in [6.07, 6.45) is 3.72. The van der Waals surface area contributed by atoms with Crippen LogP contribution >= 0.6 is 15.9 Å². The molecule has 90 valence electrons. The van der Waals surface area contributed by atoms with Crippen molar-refractivity contribution < 1.29 is 0 Å². The fourth-order valence-corrected chi connectivity index (χ4v) is 2.31. The second-order valence-electron chi connectivity index (χ2n) is 4.09. The van der Waals surface area contributed by atoms with E-state index in [2.05, 4.69) is 55.5 Å². The fourth-order valence-electron chi connectivity index (χ4n) is 1.92. The first-order chi connectivity index (χ1) is 8.83. The summed E-state index contributed by atoms with van der Waals surface area (Å²) in [5.41, 5.74) is 3.41. The molecule has 0 amide bonds. The van der Waals surface area contributed by atoms with Crippen LogP contribution in [-0.4, -0.2) is 9.97 Å². The lowest BCUT2D eigenvalue weighted by molar-refractivity contribution is 1.13. The Labute approximate surface area is 113 Å². The van der Waals surface area contributed by atoms with Gasteiger partial charge < -0.3 is 10.3 Å². The van der Waals surface area contributed by atoms with E-state index >= 15 is 0 Å². The van der Waals surface area contributed by atoms with Gasteiger partial charge in [0.1, 0.15) is 4.60 Å². The molecule has 0 aliphatic heterocycles. The van der Waals surface area contributed by atoms with Crippen molar-refractivity contribution in [3.63, 3.8) is 0 Å². The van der Waals surface area contributed by atoms with Crippen molar-refractivity contribution in [1.29, 1.82) is 0 Å². The van der Waals surface area contributed by atoms with Gasteiger partial charge in [-0.05, 0) is 51.1 Å². The fraction of sp³-hybridized carbons (Fsp3) is 0.0714. The zero-order valence-electron chi connectivity index (χ0n) is 9.65. The molecular weight excluding hydrogens is 290 g/mol. The van der Waals surface area contributed by atoms with E-state index in [0.29, 0.717) is 0 Å². The Kier molecular flexibility index (Phi) is 3.02. The standard InChI is InChI=1S/C14H12BrN3/c15-14-12(2-1-6-17-14)18-9-10-3-4-11-5-7-16-13(11)8-10/h1-8,16,18H,9H2. The third kappa shape index (κ3) is 2.24. The summed E-state index contributed by atoms with van der Waals surface area (Å²) in [6, 6.07) is 12.4. The number of rotatable bonds is 3. The molecule has 0 atom stereocenters. The van der Waals surface area contributed by atoms with Crippen molar-refractivity contribution in [1.82, 2.24) is 9.97 Å². The van der Waals surface area contributed by atoms with Gasteiger partial charge in [0, 0.05) is 24.5 Å². The van der Waals surface area contributed by atoms with Gasteiger partial charge in [-0.2, -0.15) is 0 Å². The summed E-state index contributed by atoms with van der Waals surface area (Å²) in [5, 5.41) is 4.60. The van der Waals surface area contributed by atoms with Crippen LogP contribution in [0.15, 0.2) is 53.4 Å². The SMILES string of the molecule is Brc1ncccc1NCc1ccc2cc[nH]c2c1. The average Bonchev–Trinajstić information content (AvgIpc) is 2.85. The highest BCUT2D eigenvalue weighted by molar-refractivity contribution is 9.10. The second-order valence-corrected chi connectivity index (χ2v) is 4.85. The van der Waals surface area contributed by atoms with Gasteiger partial charge in [0.15, 0.2) is 0 Å². The first-order valence-electron chi connectivity index (χ1n) is 5.73. The first-order valence-corrected chi connectivity index (χ1v) is 6.52. The summed E-state index contributed by atoms with van der Waals surface area (Å²) in [5.74, 6) is 0. The average molecular weight is 302 g/mol. The number of benzene rings is 1. The number of nitrogens with one attached hydrogen (secondary N) is 2. The van der Waals surface area contributed by atoms with E-state index in [4.69, 9.17) is 0 Å². The molecule has 0 aliphatic carbocycles. The van der Waals surface area contributed by atoms with Crippen LogP contribution in [0.4, 0.5) is 5.69 Å². The number of pyridine rings is 1. The Morgan fingerprint density at radius 3 is 3.06 bits per heavy atom. The van der Waals surface area contributed by atoms with Crippen LogP contribution in [0, 0.1) is 0 Å². The summed E-state index contributed by atoms with van der Waals surface area (Å²) in [6.45, 7) is 0.777. The van der Waals surface area contributed by atoms with E-state index < -0.39 is 0 Å². The third-order valence-electron chi connectivity index (χ3n) is 2.86. The van der Waals surface area contributed by atoms with Crippen LogP contribution in [0.2, 0.25) is 0 Å². The van der Waals surface area contributed by atoms with E-state index in [1.165, 1.54) is 16.5 Å². The number of halogens is 1. The molecule has 3 aromatic rings. The van der Waals surface area contributed by atoms with Gasteiger partial charge in [0.05, 0.1) is 5.69 Å². The monoisotopic (exact) mass is 301 g/mol. The Hall–Kier alpha value is -1.81. The van der Waals surface area contributed by atoms with Crippen LogP contribution in [0.5, 0.6) is 0 Å². The zero-order valence-corrected chi connectivity index (χ0v) is 11.2. The number of nitrogens with zero attached hydrogens (tertiary/aromatic N) is 1. The Morgan fingerprint density at radius 2 is 2.17 bits per heavy atom. The van der Waals surface area contributed by atoms with Gasteiger partial charge in [-0.3, -0.25) is 0 Å². The molecule has 2 aromatic heterocycles. The van der Waals surface area contributed by atoms with Gasteiger partial charge in [-0.15, -0.1) is 0 Å². The predicted octanol–water partition coefficient (Wildman–Crippen LogP) is 3.94. The minimum atomic E-state index is 0.777. The van der Waals surface area contributed by atoms with Gasteiger partial charge in [-0.25, -0.2) is 4.98 Å². The molecule has 0 unspecified atom stereocenters. The third-order valence-corrected chi connectivity index (χ3v) is 3.49. The number of fused-ring (bicyclic) bond motifs is 1. The molecule has 2 N–H and O–H groups in total. The number of hydrogen-bond donors (Lipinski definition) is 2. The van der Waals surface area contributed by atoms with E-state index in [-0.39, 0.29) is 0 Å². The number of aromatic amines is 1. The van der Waals surface area contributed by atoms with Gasteiger partial charge in [0.25, 0.3) is 0 Å². The van der Waals surface area contributed by atoms with Crippen LogP contribution in [0.1, 0.15) is 5.56 Å². The highest BCUT2D eigenvalue weighted by atomic mass is 79.9. The molecule has 1 aromatic carbocycles. The summed E-state index contributed by atoms with van der Waals surface area (Å²) >= 11 is 3.42. The lowest BCUT2D eigenvalue weighted by Gasteiger charge is -2.07. The van der Waals surface area contributed by atoms with E-state index in [1.807, 2.05) is 18.3 Å². The maximum Gasteiger partial charge on any atom is 0.129 e. The zero-order chi connectivity index (χ0) is 12.4. The summed E-state index contributed by atoms with van der Waals surface area (Å²) in [4.78, 5) is 7.40. The molecule has 0 saturated carbocycles. The number of hydrogen-bond acceptors (Lipinski definition) is 2. The smallest absolute Gasteiger partial charge is 0.129 e. The normalized spacial score (nSPS) is 10.7. The maximum absolute atomic E-state index is 4.18. The molecule has 0 aliphatic rings. The van der Waals surface area contributed by atoms with E-state index in [9.17, 15) is 0 Å². The Balaban J connectivity index is 1.78. The topological polar surface area (TPSA) is 40.7 Å². The van der Waals surface area contributed by atoms with E-state index in [0.717, 1.165) is 16.8 Å². The molecule has 4 heteroatoms. The molecule has 3 rings (SSSR count). The maximum atomic E-state index is 4.18. The van der Waals surface area contributed by atoms with Crippen LogP contribution < -0.4 is 5.32 Å². The Morgan fingerprint density at radius 1 is 1.22 bits per heavy atom. The van der Waals surface area contributed by atoms with E-state index in [1.54, 1.807) is 6.20 Å². The molecule has 0 radical (unpaired) electrons. The minimum absolute atomic E-state index is 0.777. The lowest BCUT2D eigenvalue weighted by atomic mass is 10.1. The molecule has 0 spiro atoms. The Bertz CT molecular complexity index is 675. The summed E-state index contributed by atoms with van der Waals surface area (Å²) in [7, 11) is 0. The molecule has 3 nitrogen and oxygen atoms in total. The molecule has 2 heterocycles. The van der Waals surface area contributed by atoms with Crippen LogP contribution in [0.25, 0.3) is 10.9 Å². The summed E-state index contributed by atoms with van der Waals surface area (Å²) < 4.78 is 0.839. The largest absolute Gasteiger partial charge is 0.379 e. The van der Waals surface area contributed by atoms with Gasteiger partial charge in [-0.1, -0.05) is 12.1 Å². The van der Waals surface area contributed by atoms with Crippen molar-refractivity contribution in [2.75, 3.05) is 5.32 Å². The molecule has 0 saturated heterocycles. The lowest BCUT2D eigenvalue weighted by Crippen LogP contribution is -2.00. The van der Waals surface area contributed by atoms with Crippen molar-refractivity contribution in [2.24, 2.45) is 0 Å². The highest BCUT2D eigenvalue weighted by Crippen LogP contribution is 2.20. The molecule has 0 bridgehead atoms. The van der Waals surface area contributed by atoms with Crippen molar-refractivity contribution in [3.05, 3.63) is 59.0 Å². The van der Waals surface area contributed by atoms with Crippen molar-refractivity contribution >= 4 is 32.5 Å². The number of anilines is 1. The minimum Gasteiger partial charge on any atom is -0.379 e. The molecular formula is C14H12BrN3. The number of H-pyrrole nitrogens is 1. The predicted molar refractivity (Wildman–Crippen MR) is 77.6 cm³/mol.